The van der Waals surface area contributed by atoms with Crippen LogP contribution >= 0.6 is 0 Å². The van der Waals surface area contributed by atoms with E-state index in [1.54, 1.807) is 31.0 Å². The largest absolute Gasteiger partial charge is 0.356 e. The van der Waals surface area contributed by atoms with E-state index < -0.39 is 0 Å². The smallest absolute Gasteiger partial charge is 0.260 e. The van der Waals surface area contributed by atoms with Gasteiger partial charge >= 0.3 is 0 Å². The minimum absolute atomic E-state index is 0.0934. The van der Waals surface area contributed by atoms with Crippen LogP contribution in [0.15, 0.2) is 16.9 Å². The zero-order chi connectivity index (χ0) is 15.9. The van der Waals surface area contributed by atoms with Gasteiger partial charge in [-0.2, -0.15) is 0 Å². The second kappa shape index (κ2) is 5.59. The molecule has 0 radical (unpaired) electrons. The molecule has 1 aliphatic heterocycles. The number of aryl methyl sites for hydroxylation is 1. The second-order valence-corrected chi connectivity index (χ2v) is 6.45. The normalized spacial score (nSPS) is 27.2. The maximum atomic E-state index is 12.6. The molecule has 22 heavy (non-hydrogen) atoms. The number of nitrogens with one attached hydrogen (secondary N) is 2. The number of H-pyrrole nitrogens is 1. The molecular weight excluding hydrogens is 282 g/mol. The van der Waals surface area contributed by atoms with Gasteiger partial charge in [-0.05, 0) is 43.7 Å². The van der Waals surface area contributed by atoms with Crippen molar-refractivity contribution >= 4 is 11.8 Å². The Morgan fingerprint density at radius 1 is 1.23 bits per heavy atom. The Bertz CT molecular complexity index is 667. The molecule has 1 saturated carbocycles. The number of pyridine rings is 1. The molecule has 118 valence electrons. The van der Waals surface area contributed by atoms with E-state index in [0.29, 0.717) is 24.8 Å². The Kier molecular flexibility index (Phi) is 3.76. The van der Waals surface area contributed by atoms with Gasteiger partial charge in [-0.3, -0.25) is 14.4 Å². The van der Waals surface area contributed by atoms with Gasteiger partial charge in [0.2, 0.25) is 5.91 Å². The van der Waals surface area contributed by atoms with E-state index >= 15 is 0 Å². The molecule has 2 amide bonds. The highest BCUT2D eigenvalue weighted by molar-refractivity contribution is 5.93. The van der Waals surface area contributed by atoms with Crippen molar-refractivity contribution in [3.8, 4) is 0 Å². The highest BCUT2D eigenvalue weighted by Crippen LogP contribution is 2.38. The summed E-state index contributed by atoms with van der Waals surface area (Å²) in [5, 5.41) is 2.89. The van der Waals surface area contributed by atoms with Crippen LogP contribution in [0.3, 0.4) is 0 Å². The van der Waals surface area contributed by atoms with Crippen molar-refractivity contribution in [1.29, 1.82) is 0 Å². The molecule has 0 spiro atoms. The highest BCUT2D eigenvalue weighted by Gasteiger charge is 2.40. The quantitative estimate of drug-likeness (QED) is 0.842. The standard InChI is InChI=1S/C16H21N3O3/c1-9-3-4-13(15(21)18-9)16(22)19(2)12-5-10-7-14(20)17-8-11(10)6-12/h3-4,10-12H,5-8H2,1-2H3,(H,17,20)(H,18,21)/t10-,11+,12-/m1/s1. The third-order valence-electron chi connectivity index (χ3n) is 4.98. The fraction of sp³-hybridized carbons (Fsp3) is 0.562. The van der Waals surface area contributed by atoms with Crippen molar-refractivity contribution in [3.05, 3.63) is 33.7 Å². The summed E-state index contributed by atoms with van der Waals surface area (Å²) in [6, 6.07) is 3.41. The molecule has 2 heterocycles. The Morgan fingerprint density at radius 2 is 1.95 bits per heavy atom. The van der Waals surface area contributed by atoms with Gasteiger partial charge in [0.1, 0.15) is 5.56 Å². The lowest BCUT2D eigenvalue weighted by atomic mass is 9.89. The van der Waals surface area contributed by atoms with Crippen molar-refractivity contribution in [2.75, 3.05) is 13.6 Å². The van der Waals surface area contributed by atoms with Gasteiger partial charge in [-0.25, -0.2) is 0 Å². The Labute approximate surface area is 128 Å². The van der Waals surface area contributed by atoms with Gasteiger partial charge in [0.15, 0.2) is 0 Å². The van der Waals surface area contributed by atoms with E-state index in [4.69, 9.17) is 0 Å². The summed E-state index contributed by atoms with van der Waals surface area (Å²) in [6.45, 7) is 2.48. The summed E-state index contributed by atoms with van der Waals surface area (Å²) < 4.78 is 0. The molecule has 1 aromatic heterocycles. The van der Waals surface area contributed by atoms with Crippen LogP contribution in [0.2, 0.25) is 0 Å². The van der Waals surface area contributed by atoms with Crippen LogP contribution in [0.1, 0.15) is 35.3 Å². The summed E-state index contributed by atoms with van der Waals surface area (Å²) in [4.78, 5) is 40.3. The van der Waals surface area contributed by atoms with Gasteiger partial charge in [0, 0.05) is 31.7 Å². The van der Waals surface area contributed by atoms with Crippen LogP contribution in [0, 0.1) is 18.8 Å². The summed E-state index contributed by atoms with van der Waals surface area (Å²) in [5.41, 5.74) is 0.571. The summed E-state index contributed by atoms with van der Waals surface area (Å²) in [7, 11) is 1.75. The molecule has 1 aromatic rings. The van der Waals surface area contributed by atoms with Gasteiger partial charge in [0.25, 0.3) is 11.5 Å². The SMILES string of the molecule is Cc1ccc(C(=O)N(C)[C@H]2C[C@H]3CNC(=O)C[C@H]3C2)c(=O)[nH]1. The average molecular weight is 303 g/mol. The van der Waals surface area contributed by atoms with Crippen LogP contribution in [-0.4, -0.2) is 41.3 Å². The summed E-state index contributed by atoms with van der Waals surface area (Å²) in [5.74, 6) is 0.648. The third-order valence-corrected chi connectivity index (χ3v) is 4.98. The van der Waals surface area contributed by atoms with E-state index in [1.165, 1.54) is 0 Å². The topological polar surface area (TPSA) is 82.3 Å². The van der Waals surface area contributed by atoms with Crippen molar-refractivity contribution in [3.63, 3.8) is 0 Å². The average Bonchev–Trinajstić information content (AvgIpc) is 2.88. The molecule has 3 rings (SSSR count). The van der Waals surface area contributed by atoms with E-state index in [1.807, 2.05) is 0 Å². The molecule has 0 bridgehead atoms. The third kappa shape index (κ3) is 2.65. The second-order valence-electron chi connectivity index (χ2n) is 6.45. The van der Waals surface area contributed by atoms with Gasteiger partial charge in [-0.15, -0.1) is 0 Å². The van der Waals surface area contributed by atoms with Crippen LogP contribution < -0.4 is 10.9 Å². The van der Waals surface area contributed by atoms with Crippen molar-refractivity contribution in [2.45, 2.75) is 32.2 Å². The first kappa shape index (κ1) is 14.8. The maximum Gasteiger partial charge on any atom is 0.260 e. The number of carbonyl (C=O) groups is 2. The molecule has 6 nitrogen and oxygen atoms in total. The number of amides is 2. The number of hydrogen-bond donors (Lipinski definition) is 2. The zero-order valence-electron chi connectivity index (χ0n) is 12.9. The Balaban J connectivity index is 1.74. The number of fused-ring (bicyclic) bond motifs is 1. The fourth-order valence-corrected chi connectivity index (χ4v) is 3.65. The van der Waals surface area contributed by atoms with E-state index in [0.717, 1.165) is 18.5 Å². The van der Waals surface area contributed by atoms with Crippen molar-refractivity contribution in [1.82, 2.24) is 15.2 Å². The highest BCUT2D eigenvalue weighted by atomic mass is 16.2. The number of nitrogens with zero attached hydrogens (tertiary/aromatic N) is 1. The zero-order valence-corrected chi connectivity index (χ0v) is 12.9. The number of carbonyl (C=O) groups excluding carboxylic acids is 2. The molecule has 2 fully saturated rings. The van der Waals surface area contributed by atoms with Crippen LogP contribution in [0.25, 0.3) is 0 Å². The molecule has 6 heteroatoms. The first-order valence-electron chi connectivity index (χ1n) is 7.69. The van der Waals surface area contributed by atoms with Crippen molar-refractivity contribution in [2.24, 2.45) is 11.8 Å². The molecule has 2 N–H and O–H groups in total. The lowest BCUT2D eigenvalue weighted by molar-refractivity contribution is -0.124. The van der Waals surface area contributed by atoms with Crippen LogP contribution in [0.4, 0.5) is 0 Å². The lowest BCUT2D eigenvalue weighted by Gasteiger charge is -2.24. The van der Waals surface area contributed by atoms with Gasteiger partial charge in [0.05, 0.1) is 0 Å². The molecule has 3 atom stereocenters. The van der Waals surface area contributed by atoms with Gasteiger partial charge in [-0.1, -0.05) is 0 Å². The fourth-order valence-electron chi connectivity index (χ4n) is 3.65. The predicted octanol–water partition coefficient (Wildman–Crippen LogP) is 0.670. The molecule has 0 aromatic carbocycles. The Morgan fingerprint density at radius 3 is 2.68 bits per heavy atom. The van der Waals surface area contributed by atoms with E-state index in [9.17, 15) is 14.4 Å². The van der Waals surface area contributed by atoms with Crippen LogP contribution in [0.5, 0.6) is 0 Å². The maximum absolute atomic E-state index is 12.6. The summed E-state index contributed by atoms with van der Waals surface area (Å²) in [6.07, 6.45) is 2.27. The van der Waals surface area contributed by atoms with E-state index in [-0.39, 0.29) is 29.0 Å². The first-order valence-corrected chi connectivity index (χ1v) is 7.69. The van der Waals surface area contributed by atoms with Crippen LogP contribution in [-0.2, 0) is 4.79 Å². The predicted molar refractivity (Wildman–Crippen MR) is 81.5 cm³/mol. The number of aromatic amines is 1. The molecule has 0 unspecified atom stereocenters. The van der Waals surface area contributed by atoms with Gasteiger partial charge < -0.3 is 15.2 Å². The number of piperidine rings is 1. The number of aromatic nitrogens is 1. The molecular formula is C16H21N3O3. The number of rotatable bonds is 2. The Hall–Kier alpha value is -2.11. The number of hydrogen-bond acceptors (Lipinski definition) is 3. The molecule has 1 saturated heterocycles. The molecule has 2 aliphatic rings. The minimum Gasteiger partial charge on any atom is -0.356 e. The van der Waals surface area contributed by atoms with E-state index in [2.05, 4.69) is 10.3 Å². The van der Waals surface area contributed by atoms with Crippen molar-refractivity contribution < 1.29 is 9.59 Å². The summed E-state index contributed by atoms with van der Waals surface area (Å²) >= 11 is 0. The lowest BCUT2D eigenvalue weighted by Crippen LogP contribution is -2.38. The molecule has 1 aliphatic carbocycles. The monoisotopic (exact) mass is 303 g/mol. The minimum atomic E-state index is -0.343. The first-order chi connectivity index (χ1) is 10.5.